The van der Waals surface area contributed by atoms with Gasteiger partial charge in [-0.3, -0.25) is 9.59 Å². The molecule has 1 aliphatic heterocycles. The van der Waals surface area contributed by atoms with E-state index in [0.29, 0.717) is 6.42 Å². The zero-order chi connectivity index (χ0) is 26.1. The van der Waals surface area contributed by atoms with E-state index < -0.39 is 55.4 Å². The van der Waals surface area contributed by atoms with E-state index >= 15 is 0 Å². The number of hydrogen-bond acceptors (Lipinski definition) is 10. The zero-order valence-corrected chi connectivity index (χ0v) is 21.3. The lowest BCUT2D eigenvalue weighted by Gasteiger charge is -2.39. The normalized spacial score (nSPS) is 25.3. The van der Waals surface area contributed by atoms with Gasteiger partial charge in [0.15, 0.2) is 12.4 Å². The second kappa shape index (κ2) is 18.9. The van der Waals surface area contributed by atoms with Crippen LogP contribution < -0.4 is 0 Å². The van der Waals surface area contributed by atoms with Gasteiger partial charge in [-0.2, -0.15) is 0 Å². The monoisotopic (exact) mass is 506 g/mol. The number of esters is 2. The van der Waals surface area contributed by atoms with Crippen molar-refractivity contribution in [3.05, 3.63) is 0 Å². The first-order valence-electron chi connectivity index (χ1n) is 13.1. The van der Waals surface area contributed by atoms with Crippen molar-refractivity contribution in [1.82, 2.24) is 0 Å². The van der Waals surface area contributed by atoms with Crippen LogP contribution in [0.3, 0.4) is 0 Å². The molecular weight excluding hydrogens is 460 g/mol. The molecule has 6 atom stereocenters. The van der Waals surface area contributed by atoms with Crippen molar-refractivity contribution in [3.8, 4) is 0 Å². The lowest BCUT2D eigenvalue weighted by molar-refractivity contribution is -0.305. The maximum Gasteiger partial charge on any atom is 0.306 e. The standard InChI is InChI=1S/C25H46O10/c1-3-5-7-9-11-13-20(27)32-16-18(34-21(28)14-12-10-8-6-4-2)17-33-25-24(31)23(30)22(29)19(15-26)35-25/h18-19,22-26,29-31H,3-17H2,1-2H3/t18?,19?,22-,23+,24?,25+/m0/s1. The molecule has 35 heavy (non-hydrogen) atoms. The second-order valence-corrected chi connectivity index (χ2v) is 9.15. The van der Waals surface area contributed by atoms with Gasteiger partial charge in [-0.25, -0.2) is 0 Å². The van der Waals surface area contributed by atoms with Crippen molar-refractivity contribution in [1.29, 1.82) is 0 Å². The lowest BCUT2D eigenvalue weighted by atomic mass is 9.99. The summed E-state index contributed by atoms with van der Waals surface area (Å²) in [4.78, 5) is 24.4. The van der Waals surface area contributed by atoms with Gasteiger partial charge in [-0.1, -0.05) is 65.2 Å². The highest BCUT2D eigenvalue weighted by atomic mass is 16.7. The molecule has 206 valence electrons. The first-order chi connectivity index (χ1) is 16.8. The molecule has 3 unspecified atom stereocenters. The van der Waals surface area contributed by atoms with Gasteiger partial charge in [-0.05, 0) is 12.8 Å². The van der Waals surface area contributed by atoms with Crippen LogP contribution in [-0.2, 0) is 28.5 Å². The zero-order valence-electron chi connectivity index (χ0n) is 21.3. The summed E-state index contributed by atoms with van der Waals surface area (Å²) in [6, 6.07) is 0. The molecule has 0 spiro atoms. The molecule has 4 N–H and O–H groups in total. The van der Waals surface area contributed by atoms with E-state index in [9.17, 15) is 30.0 Å². The van der Waals surface area contributed by atoms with Crippen LogP contribution in [-0.4, -0.2) is 89.0 Å². The van der Waals surface area contributed by atoms with Gasteiger partial charge < -0.3 is 39.4 Å². The van der Waals surface area contributed by atoms with E-state index in [1.54, 1.807) is 0 Å². The Morgan fingerprint density at radius 3 is 1.91 bits per heavy atom. The minimum Gasteiger partial charge on any atom is -0.462 e. The van der Waals surface area contributed by atoms with Gasteiger partial charge in [0.2, 0.25) is 0 Å². The van der Waals surface area contributed by atoms with Gasteiger partial charge in [0, 0.05) is 12.8 Å². The van der Waals surface area contributed by atoms with Crippen molar-refractivity contribution in [2.75, 3.05) is 19.8 Å². The Kier molecular flexibility index (Phi) is 17.1. The maximum atomic E-state index is 12.3. The summed E-state index contributed by atoms with van der Waals surface area (Å²) in [5.41, 5.74) is 0. The molecule has 1 fully saturated rings. The van der Waals surface area contributed by atoms with Crippen LogP contribution in [0.5, 0.6) is 0 Å². The molecule has 0 amide bonds. The number of aliphatic hydroxyl groups excluding tert-OH is 4. The quantitative estimate of drug-likeness (QED) is 0.151. The van der Waals surface area contributed by atoms with Crippen molar-refractivity contribution < 1.29 is 49.0 Å². The van der Waals surface area contributed by atoms with Crippen LogP contribution >= 0.6 is 0 Å². The Morgan fingerprint density at radius 2 is 1.34 bits per heavy atom. The van der Waals surface area contributed by atoms with Gasteiger partial charge in [0.1, 0.15) is 31.0 Å². The number of unbranched alkanes of at least 4 members (excludes halogenated alkanes) is 8. The van der Waals surface area contributed by atoms with Crippen LogP contribution in [0.25, 0.3) is 0 Å². The maximum absolute atomic E-state index is 12.3. The van der Waals surface area contributed by atoms with Crippen LogP contribution in [0.2, 0.25) is 0 Å². The molecule has 1 rings (SSSR count). The van der Waals surface area contributed by atoms with E-state index in [1.807, 2.05) is 0 Å². The minimum absolute atomic E-state index is 0.215. The molecule has 10 nitrogen and oxygen atoms in total. The van der Waals surface area contributed by atoms with Gasteiger partial charge in [0.25, 0.3) is 0 Å². The Hall–Kier alpha value is -1.30. The first kappa shape index (κ1) is 31.7. The highest BCUT2D eigenvalue weighted by Crippen LogP contribution is 2.22. The van der Waals surface area contributed by atoms with Gasteiger partial charge in [0.05, 0.1) is 13.2 Å². The second-order valence-electron chi connectivity index (χ2n) is 9.15. The van der Waals surface area contributed by atoms with Gasteiger partial charge in [-0.15, -0.1) is 0 Å². The molecule has 0 saturated carbocycles. The average molecular weight is 507 g/mol. The smallest absolute Gasteiger partial charge is 0.306 e. The van der Waals surface area contributed by atoms with E-state index in [-0.39, 0.29) is 26.1 Å². The first-order valence-corrected chi connectivity index (χ1v) is 13.1. The third kappa shape index (κ3) is 13.0. The molecule has 10 heteroatoms. The van der Waals surface area contributed by atoms with Crippen molar-refractivity contribution in [2.45, 2.75) is 128 Å². The Morgan fingerprint density at radius 1 is 0.771 bits per heavy atom. The Labute approximate surface area is 208 Å². The van der Waals surface area contributed by atoms with Crippen molar-refractivity contribution in [2.24, 2.45) is 0 Å². The Balaban J connectivity index is 2.58. The van der Waals surface area contributed by atoms with Gasteiger partial charge >= 0.3 is 11.9 Å². The Bertz CT molecular complexity index is 570. The summed E-state index contributed by atoms with van der Waals surface area (Å²) in [7, 11) is 0. The fraction of sp³-hybridized carbons (Fsp3) is 0.920. The lowest BCUT2D eigenvalue weighted by Crippen LogP contribution is -2.59. The molecule has 0 radical (unpaired) electrons. The molecule has 1 aliphatic rings. The molecule has 0 aliphatic carbocycles. The predicted octanol–water partition coefficient (Wildman–Crippen LogP) is 1.98. The number of hydrogen-bond donors (Lipinski definition) is 4. The summed E-state index contributed by atoms with van der Waals surface area (Å²) in [5.74, 6) is -0.838. The van der Waals surface area contributed by atoms with Crippen molar-refractivity contribution >= 4 is 11.9 Å². The largest absolute Gasteiger partial charge is 0.462 e. The highest BCUT2D eigenvalue weighted by molar-refractivity contribution is 5.70. The summed E-state index contributed by atoms with van der Waals surface area (Å²) < 4.78 is 21.6. The van der Waals surface area contributed by atoms with E-state index in [2.05, 4.69) is 13.8 Å². The molecule has 0 aromatic carbocycles. The molecule has 1 saturated heterocycles. The number of rotatable bonds is 19. The number of aliphatic hydroxyl groups is 4. The van der Waals surface area contributed by atoms with E-state index in [0.717, 1.165) is 57.8 Å². The van der Waals surface area contributed by atoms with Crippen LogP contribution in [0.15, 0.2) is 0 Å². The molecular formula is C25H46O10. The van der Waals surface area contributed by atoms with Crippen LogP contribution in [0.1, 0.15) is 90.9 Å². The fourth-order valence-electron chi connectivity index (χ4n) is 3.77. The molecule has 1 heterocycles. The SMILES string of the molecule is CCCCCCCC(=O)OCC(CO[C@@H]1OC(CO)[C@H](O)[C@@H](O)C1O)OC(=O)CCCCCCC. The summed E-state index contributed by atoms with van der Waals surface area (Å²) in [6.07, 6.45) is 2.26. The third-order valence-electron chi connectivity index (χ3n) is 5.99. The fourth-order valence-corrected chi connectivity index (χ4v) is 3.77. The highest BCUT2D eigenvalue weighted by Gasteiger charge is 2.44. The summed E-state index contributed by atoms with van der Waals surface area (Å²) >= 11 is 0. The summed E-state index contributed by atoms with van der Waals surface area (Å²) in [5, 5.41) is 39.3. The summed E-state index contributed by atoms with van der Waals surface area (Å²) in [6.45, 7) is 3.16. The van der Waals surface area contributed by atoms with Crippen LogP contribution in [0.4, 0.5) is 0 Å². The van der Waals surface area contributed by atoms with E-state index in [4.69, 9.17) is 18.9 Å². The number of carbonyl (C=O) groups excluding carboxylic acids is 2. The van der Waals surface area contributed by atoms with Crippen LogP contribution in [0, 0.1) is 0 Å². The molecule has 0 aromatic heterocycles. The number of carbonyl (C=O) groups is 2. The molecule has 0 aromatic rings. The van der Waals surface area contributed by atoms with Crippen molar-refractivity contribution in [3.63, 3.8) is 0 Å². The number of ether oxygens (including phenoxy) is 4. The topological polar surface area (TPSA) is 152 Å². The molecule has 0 bridgehead atoms. The predicted molar refractivity (Wildman–Crippen MR) is 127 cm³/mol. The average Bonchev–Trinajstić information content (AvgIpc) is 2.85. The minimum atomic E-state index is -1.58. The van der Waals surface area contributed by atoms with E-state index in [1.165, 1.54) is 0 Å². The third-order valence-corrected chi connectivity index (χ3v) is 5.99.